The van der Waals surface area contributed by atoms with Gasteiger partial charge in [0.1, 0.15) is 0 Å². The van der Waals surface area contributed by atoms with Crippen molar-refractivity contribution in [2.45, 2.75) is 37.1 Å². The van der Waals surface area contributed by atoms with Gasteiger partial charge in [0.25, 0.3) is 0 Å². The largest absolute Gasteiger partial charge is 0.318 e. The van der Waals surface area contributed by atoms with Crippen molar-refractivity contribution in [3.05, 3.63) is 28.2 Å². The Morgan fingerprint density at radius 1 is 1.40 bits per heavy atom. The number of hydrogen-bond acceptors (Lipinski definition) is 3. The van der Waals surface area contributed by atoms with E-state index in [4.69, 9.17) is 0 Å². The molecule has 1 aliphatic rings. The molecule has 0 saturated carbocycles. The van der Waals surface area contributed by atoms with Gasteiger partial charge in [-0.1, -0.05) is 28.4 Å². The fraction of sp³-hybridized carbons (Fsp3) is 0.571. The van der Waals surface area contributed by atoms with Gasteiger partial charge in [-0.3, -0.25) is 0 Å². The molecule has 1 unspecified atom stereocenters. The maximum Gasteiger partial charge on any atom is 0.243 e. The molecule has 1 atom stereocenters. The van der Waals surface area contributed by atoms with Crippen LogP contribution in [0.15, 0.2) is 27.6 Å². The lowest BCUT2D eigenvalue weighted by Gasteiger charge is -2.35. The number of aryl methyl sites for hydroxylation is 1. The summed E-state index contributed by atoms with van der Waals surface area (Å²) in [7, 11) is -1.56. The molecule has 0 bridgehead atoms. The number of halogens is 1. The highest BCUT2D eigenvalue weighted by Crippen LogP contribution is 2.28. The zero-order valence-corrected chi connectivity index (χ0v) is 14.3. The van der Waals surface area contributed by atoms with Gasteiger partial charge in [0.2, 0.25) is 10.0 Å². The molecule has 2 rings (SSSR count). The second-order valence-corrected chi connectivity index (χ2v) is 8.01. The van der Waals surface area contributed by atoms with Gasteiger partial charge in [-0.15, -0.1) is 0 Å². The lowest BCUT2D eigenvalue weighted by atomic mass is 10.1. The monoisotopic (exact) mass is 360 g/mol. The number of likely N-dealkylation sites (N-methyl/N-ethyl adjacent to an activating group) is 1. The molecule has 6 heteroatoms. The lowest BCUT2D eigenvalue weighted by Crippen LogP contribution is -2.48. The van der Waals surface area contributed by atoms with E-state index >= 15 is 0 Å². The summed E-state index contributed by atoms with van der Waals surface area (Å²) in [4.78, 5) is 0.412. The van der Waals surface area contributed by atoms with Crippen molar-refractivity contribution in [3.8, 4) is 0 Å². The Hall–Kier alpha value is -0.430. The highest BCUT2D eigenvalue weighted by molar-refractivity contribution is 9.10. The third-order valence-electron chi connectivity index (χ3n) is 3.75. The lowest BCUT2D eigenvalue weighted by molar-refractivity contribution is 0.249. The van der Waals surface area contributed by atoms with Gasteiger partial charge in [-0.25, -0.2) is 8.42 Å². The molecular weight excluding hydrogens is 340 g/mol. The van der Waals surface area contributed by atoms with Gasteiger partial charge in [0.05, 0.1) is 4.90 Å². The second-order valence-electron chi connectivity index (χ2n) is 5.23. The van der Waals surface area contributed by atoms with Crippen LogP contribution in [-0.2, 0) is 10.0 Å². The van der Waals surface area contributed by atoms with Crippen LogP contribution in [0.3, 0.4) is 0 Å². The summed E-state index contributed by atoms with van der Waals surface area (Å²) in [5.41, 5.74) is 0.794. The number of benzene rings is 1. The molecule has 0 aliphatic carbocycles. The van der Waals surface area contributed by atoms with Gasteiger partial charge in [-0.05, 0) is 44.5 Å². The van der Waals surface area contributed by atoms with Crippen LogP contribution in [0.4, 0.5) is 0 Å². The molecule has 4 nitrogen and oxygen atoms in total. The molecule has 1 N–H and O–H groups in total. The van der Waals surface area contributed by atoms with Crippen LogP contribution in [0, 0.1) is 6.92 Å². The minimum atomic E-state index is -3.42. The molecular formula is C14H21BrN2O2S. The third kappa shape index (κ3) is 3.24. The molecule has 0 amide bonds. The summed E-state index contributed by atoms with van der Waals surface area (Å²) >= 11 is 3.36. The highest BCUT2D eigenvalue weighted by Gasteiger charge is 2.33. The minimum absolute atomic E-state index is 0.0529. The van der Waals surface area contributed by atoms with Crippen LogP contribution in [0.2, 0.25) is 0 Å². The summed E-state index contributed by atoms with van der Waals surface area (Å²) in [6.45, 7) is 3.16. The van der Waals surface area contributed by atoms with Crippen LogP contribution in [-0.4, -0.2) is 38.9 Å². The number of piperidine rings is 1. The normalized spacial score (nSPS) is 21.1. The van der Waals surface area contributed by atoms with Crippen molar-refractivity contribution in [1.82, 2.24) is 9.62 Å². The molecule has 1 heterocycles. The molecule has 20 heavy (non-hydrogen) atoms. The molecule has 1 aromatic rings. The average molecular weight is 361 g/mol. The Balaban J connectivity index is 2.39. The Morgan fingerprint density at radius 3 is 2.85 bits per heavy atom. The quantitative estimate of drug-likeness (QED) is 0.897. The van der Waals surface area contributed by atoms with E-state index in [2.05, 4.69) is 21.2 Å². The number of hydrogen-bond donors (Lipinski definition) is 1. The van der Waals surface area contributed by atoms with Crippen molar-refractivity contribution in [1.29, 1.82) is 0 Å². The van der Waals surface area contributed by atoms with Crippen molar-refractivity contribution >= 4 is 26.0 Å². The maximum atomic E-state index is 12.9. The SMILES string of the molecule is CNCC1CCCCN1S(=O)(=O)c1cc(Br)ccc1C. The van der Waals surface area contributed by atoms with Crippen molar-refractivity contribution in [2.75, 3.05) is 20.1 Å². The predicted octanol–water partition coefficient (Wildman–Crippen LogP) is 2.52. The molecule has 1 aliphatic heterocycles. The zero-order chi connectivity index (χ0) is 14.8. The van der Waals surface area contributed by atoms with Crippen LogP contribution in [0.25, 0.3) is 0 Å². The van der Waals surface area contributed by atoms with Gasteiger partial charge < -0.3 is 5.32 Å². The summed E-state index contributed by atoms with van der Waals surface area (Å²) < 4.78 is 28.3. The van der Waals surface area contributed by atoms with Crippen molar-refractivity contribution in [2.24, 2.45) is 0 Å². The van der Waals surface area contributed by atoms with Gasteiger partial charge >= 0.3 is 0 Å². The van der Waals surface area contributed by atoms with E-state index in [1.54, 1.807) is 10.4 Å². The number of rotatable bonds is 4. The predicted molar refractivity (Wildman–Crippen MR) is 84.3 cm³/mol. The molecule has 1 aromatic carbocycles. The van der Waals surface area contributed by atoms with Gasteiger partial charge in [0, 0.05) is 23.6 Å². The number of sulfonamides is 1. The Bertz CT molecular complexity index is 573. The first kappa shape index (κ1) is 15.9. The van der Waals surface area contributed by atoms with Crippen molar-refractivity contribution < 1.29 is 8.42 Å². The van der Waals surface area contributed by atoms with Crippen LogP contribution < -0.4 is 5.32 Å². The summed E-state index contributed by atoms with van der Waals surface area (Å²) in [5, 5.41) is 3.10. The fourth-order valence-electron chi connectivity index (χ4n) is 2.71. The first-order chi connectivity index (χ1) is 9.46. The van der Waals surface area contributed by atoms with E-state index < -0.39 is 10.0 Å². The topological polar surface area (TPSA) is 49.4 Å². The van der Waals surface area contributed by atoms with Crippen LogP contribution in [0.5, 0.6) is 0 Å². The van der Waals surface area contributed by atoms with Crippen LogP contribution in [0.1, 0.15) is 24.8 Å². The molecule has 0 spiro atoms. The molecule has 0 aromatic heterocycles. The van der Waals surface area contributed by atoms with Crippen LogP contribution >= 0.6 is 15.9 Å². The highest BCUT2D eigenvalue weighted by atomic mass is 79.9. The first-order valence-corrected chi connectivity index (χ1v) is 9.12. The number of nitrogens with one attached hydrogen (secondary N) is 1. The Kier molecular flexibility index (Phi) is 5.23. The molecule has 0 radical (unpaired) electrons. The van der Waals surface area contributed by atoms with Crippen molar-refractivity contribution in [3.63, 3.8) is 0 Å². The van der Waals surface area contributed by atoms with E-state index in [9.17, 15) is 8.42 Å². The zero-order valence-electron chi connectivity index (χ0n) is 11.9. The first-order valence-electron chi connectivity index (χ1n) is 6.89. The van der Waals surface area contributed by atoms with E-state index in [1.807, 2.05) is 26.1 Å². The average Bonchev–Trinajstić information content (AvgIpc) is 2.42. The fourth-order valence-corrected chi connectivity index (χ4v) is 5.17. The van der Waals surface area contributed by atoms with Gasteiger partial charge in [0.15, 0.2) is 0 Å². The standard InChI is InChI=1S/C14H21BrN2O2S/c1-11-6-7-12(15)9-14(11)20(18,19)17-8-4-3-5-13(17)10-16-2/h6-7,9,13,16H,3-5,8,10H2,1-2H3. The summed E-state index contributed by atoms with van der Waals surface area (Å²) in [6.07, 6.45) is 2.95. The minimum Gasteiger partial charge on any atom is -0.318 e. The summed E-state index contributed by atoms with van der Waals surface area (Å²) in [6, 6.07) is 5.47. The number of nitrogens with zero attached hydrogens (tertiary/aromatic N) is 1. The maximum absolute atomic E-state index is 12.9. The third-order valence-corrected chi connectivity index (χ3v) is 6.34. The van der Waals surface area contributed by atoms with Gasteiger partial charge in [-0.2, -0.15) is 4.31 Å². The van der Waals surface area contributed by atoms with E-state index in [-0.39, 0.29) is 6.04 Å². The van der Waals surface area contributed by atoms with E-state index in [0.29, 0.717) is 18.0 Å². The Labute approximate surface area is 129 Å². The second kappa shape index (κ2) is 6.56. The van der Waals surface area contributed by atoms with E-state index in [1.165, 1.54) is 0 Å². The summed E-state index contributed by atoms with van der Waals surface area (Å²) in [5.74, 6) is 0. The molecule has 112 valence electrons. The molecule has 1 saturated heterocycles. The Morgan fingerprint density at radius 2 is 2.15 bits per heavy atom. The smallest absolute Gasteiger partial charge is 0.243 e. The molecule has 1 fully saturated rings. The van der Waals surface area contributed by atoms with E-state index in [0.717, 1.165) is 29.3 Å².